The van der Waals surface area contributed by atoms with Crippen LogP contribution in [0.15, 0.2) is 41.1 Å². The molecule has 0 aliphatic heterocycles. The van der Waals surface area contributed by atoms with Gasteiger partial charge in [0.05, 0.1) is 24.8 Å². The van der Waals surface area contributed by atoms with Crippen LogP contribution in [0.4, 0.5) is 13.2 Å². The Morgan fingerprint density at radius 2 is 1.97 bits per heavy atom. The molecular weight excluding hydrogens is 385 g/mol. The Morgan fingerprint density at radius 1 is 1.17 bits per heavy atom. The molecule has 0 atom stereocenters. The third kappa shape index (κ3) is 3.55. The predicted octanol–water partition coefficient (Wildman–Crippen LogP) is 3.97. The number of aryl methyl sites for hydroxylation is 2. The van der Waals surface area contributed by atoms with E-state index in [0.717, 1.165) is 39.9 Å². The van der Waals surface area contributed by atoms with E-state index in [4.69, 9.17) is 4.42 Å². The summed E-state index contributed by atoms with van der Waals surface area (Å²) in [5, 5.41) is 11.3. The first-order valence-corrected chi connectivity index (χ1v) is 8.88. The number of nitrogens with zero attached hydrogens (tertiary/aromatic N) is 3. The summed E-state index contributed by atoms with van der Waals surface area (Å²) >= 11 is 0. The van der Waals surface area contributed by atoms with Gasteiger partial charge in [-0.15, -0.1) is 10.2 Å². The largest absolute Gasteiger partial charge is 0.464 e. The van der Waals surface area contributed by atoms with Gasteiger partial charge in [0.1, 0.15) is 5.58 Å². The number of rotatable bonds is 4. The summed E-state index contributed by atoms with van der Waals surface area (Å²) in [5.74, 6) is -0.0855. The molecule has 0 unspecified atom stereocenters. The van der Waals surface area contributed by atoms with Crippen LogP contribution in [0.3, 0.4) is 0 Å². The number of fused-ring (bicyclic) bond motifs is 2. The van der Waals surface area contributed by atoms with Crippen LogP contribution in [0.5, 0.6) is 0 Å². The Morgan fingerprint density at radius 3 is 2.72 bits per heavy atom. The molecule has 0 bridgehead atoms. The van der Waals surface area contributed by atoms with Crippen LogP contribution in [0.1, 0.15) is 28.1 Å². The van der Waals surface area contributed by atoms with Gasteiger partial charge in [0.2, 0.25) is 5.91 Å². The quantitative estimate of drug-likeness (QED) is 0.561. The van der Waals surface area contributed by atoms with E-state index in [1.807, 2.05) is 26.0 Å². The van der Waals surface area contributed by atoms with Crippen molar-refractivity contribution < 1.29 is 22.4 Å². The maximum absolute atomic E-state index is 12.9. The Balaban J connectivity index is 1.50. The van der Waals surface area contributed by atoms with Crippen molar-refractivity contribution >= 4 is 22.5 Å². The van der Waals surface area contributed by atoms with Gasteiger partial charge in [-0.05, 0) is 37.1 Å². The van der Waals surface area contributed by atoms with E-state index >= 15 is 0 Å². The molecule has 0 aliphatic carbocycles. The van der Waals surface area contributed by atoms with Crippen molar-refractivity contribution in [3.8, 4) is 0 Å². The molecule has 1 amide bonds. The molecule has 0 fully saturated rings. The second kappa shape index (κ2) is 6.91. The minimum atomic E-state index is -4.47. The minimum Gasteiger partial charge on any atom is -0.464 e. The van der Waals surface area contributed by atoms with Gasteiger partial charge in [-0.3, -0.25) is 9.20 Å². The monoisotopic (exact) mass is 402 g/mol. The van der Waals surface area contributed by atoms with E-state index < -0.39 is 11.7 Å². The van der Waals surface area contributed by atoms with Crippen LogP contribution in [0.2, 0.25) is 0 Å². The molecule has 0 saturated carbocycles. The molecule has 1 aromatic carbocycles. The van der Waals surface area contributed by atoms with Crippen molar-refractivity contribution in [1.82, 2.24) is 19.9 Å². The number of furan rings is 1. The van der Waals surface area contributed by atoms with Crippen molar-refractivity contribution in [2.45, 2.75) is 33.0 Å². The third-order valence-corrected chi connectivity index (χ3v) is 4.94. The van der Waals surface area contributed by atoms with Crippen LogP contribution in [-0.4, -0.2) is 20.5 Å². The molecule has 1 N–H and O–H groups in total. The molecule has 9 heteroatoms. The molecule has 150 valence electrons. The number of alkyl halides is 3. The Bertz CT molecular complexity index is 1220. The molecule has 4 rings (SSSR count). The summed E-state index contributed by atoms with van der Waals surface area (Å²) in [7, 11) is 0. The average Bonchev–Trinajstić information content (AvgIpc) is 3.26. The number of nitrogens with one attached hydrogen (secondary N) is 1. The number of amides is 1. The lowest BCUT2D eigenvalue weighted by Gasteiger charge is -2.08. The van der Waals surface area contributed by atoms with E-state index in [0.29, 0.717) is 0 Å². The fraction of sp³-hybridized carbons (Fsp3) is 0.250. The highest BCUT2D eigenvalue weighted by molar-refractivity contribution is 5.89. The molecule has 6 nitrogen and oxygen atoms in total. The molecule has 4 aromatic rings. The molecule has 0 radical (unpaired) electrons. The number of carbonyl (C=O) groups is 1. The lowest BCUT2D eigenvalue weighted by Crippen LogP contribution is -2.25. The molecule has 29 heavy (non-hydrogen) atoms. The van der Waals surface area contributed by atoms with Crippen LogP contribution in [0, 0.1) is 13.8 Å². The van der Waals surface area contributed by atoms with Gasteiger partial charge in [0.15, 0.2) is 11.5 Å². The van der Waals surface area contributed by atoms with Crippen molar-refractivity contribution in [2.24, 2.45) is 0 Å². The summed E-state index contributed by atoms with van der Waals surface area (Å²) in [6, 6.07) is 6.06. The molecule has 3 aromatic heterocycles. The SMILES string of the molecule is Cc1ccc2c(CC(=O)NCc3nnc4ccc(C(F)(F)F)cn34)coc2c1C. The van der Waals surface area contributed by atoms with Gasteiger partial charge in [-0.25, -0.2) is 0 Å². The summed E-state index contributed by atoms with van der Waals surface area (Å²) < 4.78 is 45.6. The molecule has 3 heterocycles. The number of hydrogen-bond acceptors (Lipinski definition) is 4. The zero-order chi connectivity index (χ0) is 20.8. The van der Waals surface area contributed by atoms with Crippen molar-refractivity contribution in [2.75, 3.05) is 0 Å². The van der Waals surface area contributed by atoms with E-state index in [1.165, 1.54) is 10.5 Å². The number of pyridine rings is 1. The van der Waals surface area contributed by atoms with Crippen LogP contribution >= 0.6 is 0 Å². The minimum absolute atomic E-state index is 0.0464. The second-order valence-electron chi connectivity index (χ2n) is 6.86. The second-order valence-corrected chi connectivity index (χ2v) is 6.86. The summed E-state index contributed by atoms with van der Waals surface area (Å²) in [6.45, 7) is 3.89. The van der Waals surface area contributed by atoms with E-state index in [2.05, 4.69) is 15.5 Å². The van der Waals surface area contributed by atoms with Crippen LogP contribution in [-0.2, 0) is 23.9 Å². The fourth-order valence-electron chi connectivity index (χ4n) is 3.16. The number of carbonyl (C=O) groups excluding carboxylic acids is 1. The van der Waals surface area contributed by atoms with Gasteiger partial charge in [0, 0.05) is 17.1 Å². The topological polar surface area (TPSA) is 72.4 Å². The van der Waals surface area contributed by atoms with E-state index in [9.17, 15) is 18.0 Å². The number of benzene rings is 1. The molecule has 0 aliphatic rings. The maximum atomic E-state index is 12.9. The Kier molecular flexibility index (Phi) is 4.52. The Hall–Kier alpha value is -3.36. The normalized spacial score (nSPS) is 12.0. The first-order chi connectivity index (χ1) is 13.7. The molecule has 0 spiro atoms. The number of aromatic nitrogens is 3. The van der Waals surface area contributed by atoms with E-state index in [1.54, 1.807) is 6.26 Å². The Labute approximate surface area is 163 Å². The van der Waals surface area contributed by atoms with Gasteiger partial charge >= 0.3 is 6.18 Å². The fourth-order valence-corrected chi connectivity index (χ4v) is 3.16. The zero-order valence-corrected chi connectivity index (χ0v) is 15.7. The van der Waals surface area contributed by atoms with Crippen molar-refractivity contribution in [1.29, 1.82) is 0 Å². The highest BCUT2D eigenvalue weighted by atomic mass is 19.4. The maximum Gasteiger partial charge on any atom is 0.417 e. The van der Waals surface area contributed by atoms with Gasteiger partial charge < -0.3 is 9.73 Å². The summed E-state index contributed by atoms with van der Waals surface area (Å²) in [6.07, 6.45) is -1.91. The molecule has 0 saturated heterocycles. The lowest BCUT2D eigenvalue weighted by atomic mass is 10.0. The summed E-state index contributed by atoms with van der Waals surface area (Å²) in [5.41, 5.74) is 3.06. The average molecular weight is 402 g/mol. The zero-order valence-electron chi connectivity index (χ0n) is 15.7. The van der Waals surface area contributed by atoms with Crippen molar-refractivity contribution in [3.63, 3.8) is 0 Å². The van der Waals surface area contributed by atoms with Gasteiger partial charge in [-0.1, -0.05) is 12.1 Å². The van der Waals surface area contributed by atoms with Crippen LogP contribution < -0.4 is 5.32 Å². The standard InChI is InChI=1S/C20H17F3N4O2/c1-11-3-5-15-13(10-29-19(15)12(11)2)7-18(28)24-8-17-26-25-16-6-4-14(9-27(16)17)20(21,22)23/h3-6,9-10H,7-8H2,1-2H3,(H,24,28). The van der Waals surface area contributed by atoms with Crippen LogP contribution in [0.25, 0.3) is 16.6 Å². The highest BCUT2D eigenvalue weighted by Gasteiger charge is 2.31. The first-order valence-electron chi connectivity index (χ1n) is 8.88. The molecular formula is C20H17F3N4O2. The third-order valence-electron chi connectivity index (χ3n) is 4.94. The predicted molar refractivity (Wildman–Crippen MR) is 99.2 cm³/mol. The first kappa shape index (κ1) is 19.0. The highest BCUT2D eigenvalue weighted by Crippen LogP contribution is 2.29. The van der Waals surface area contributed by atoms with Gasteiger partial charge in [-0.2, -0.15) is 13.2 Å². The number of hydrogen-bond donors (Lipinski definition) is 1. The summed E-state index contributed by atoms with van der Waals surface area (Å²) in [4.78, 5) is 12.4. The van der Waals surface area contributed by atoms with Gasteiger partial charge in [0.25, 0.3) is 0 Å². The van der Waals surface area contributed by atoms with E-state index in [-0.39, 0.29) is 30.3 Å². The lowest BCUT2D eigenvalue weighted by molar-refractivity contribution is -0.137. The smallest absolute Gasteiger partial charge is 0.417 e. The van der Waals surface area contributed by atoms with Crippen molar-refractivity contribution in [3.05, 3.63) is 64.8 Å². The number of halogens is 3.